The van der Waals surface area contributed by atoms with E-state index >= 15 is 0 Å². The standard InChI is InChI=1S/C12H19NO3/c1-11(14,5-6-15-2)12(8-13)7-9-3-4-10(12)16-9/h9-10,14H,3-7H2,1-2H3. The zero-order chi connectivity index (χ0) is 11.8. The molecule has 2 bridgehead atoms. The van der Waals surface area contributed by atoms with Crippen molar-refractivity contribution >= 4 is 0 Å². The molecule has 0 spiro atoms. The molecule has 2 aliphatic rings. The van der Waals surface area contributed by atoms with Crippen LogP contribution in [0.5, 0.6) is 0 Å². The van der Waals surface area contributed by atoms with Crippen molar-refractivity contribution < 1.29 is 14.6 Å². The second kappa shape index (κ2) is 3.99. The first kappa shape index (κ1) is 11.8. The van der Waals surface area contributed by atoms with Gasteiger partial charge in [0.15, 0.2) is 0 Å². The van der Waals surface area contributed by atoms with Gasteiger partial charge >= 0.3 is 0 Å². The number of rotatable bonds is 4. The highest BCUT2D eigenvalue weighted by Crippen LogP contribution is 2.54. The summed E-state index contributed by atoms with van der Waals surface area (Å²) in [6.45, 7) is 2.20. The Kier molecular flexibility index (Phi) is 2.95. The topological polar surface area (TPSA) is 62.5 Å². The van der Waals surface area contributed by atoms with E-state index in [0.717, 1.165) is 12.8 Å². The highest BCUT2D eigenvalue weighted by Gasteiger charge is 2.61. The van der Waals surface area contributed by atoms with Crippen LogP contribution < -0.4 is 0 Å². The van der Waals surface area contributed by atoms with Crippen LogP contribution in [0.1, 0.15) is 32.6 Å². The van der Waals surface area contributed by atoms with E-state index in [9.17, 15) is 10.4 Å². The Morgan fingerprint density at radius 3 is 2.81 bits per heavy atom. The molecule has 90 valence electrons. The zero-order valence-corrected chi connectivity index (χ0v) is 9.90. The molecule has 2 heterocycles. The predicted octanol–water partition coefficient (Wildman–Crippen LogP) is 1.24. The molecule has 0 aromatic rings. The number of methoxy groups -OCH3 is 1. The van der Waals surface area contributed by atoms with E-state index in [1.54, 1.807) is 14.0 Å². The van der Waals surface area contributed by atoms with E-state index < -0.39 is 11.0 Å². The Morgan fingerprint density at radius 1 is 1.62 bits per heavy atom. The molecule has 16 heavy (non-hydrogen) atoms. The minimum Gasteiger partial charge on any atom is -0.388 e. The second-order valence-corrected chi connectivity index (χ2v) is 5.13. The first-order chi connectivity index (χ1) is 7.55. The molecule has 4 unspecified atom stereocenters. The smallest absolute Gasteiger partial charge is 0.114 e. The molecular weight excluding hydrogens is 206 g/mol. The van der Waals surface area contributed by atoms with E-state index in [2.05, 4.69) is 6.07 Å². The number of hydrogen-bond acceptors (Lipinski definition) is 4. The third kappa shape index (κ3) is 1.55. The molecule has 0 radical (unpaired) electrons. The van der Waals surface area contributed by atoms with Gasteiger partial charge in [-0.05, 0) is 26.2 Å². The summed E-state index contributed by atoms with van der Waals surface area (Å²) in [4.78, 5) is 0. The highest BCUT2D eigenvalue weighted by molar-refractivity contribution is 5.19. The zero-order valence-electron chi connectivity index (χ0n) is 9.90. The maximum atomic E-state index is 10.5. The summed E-state index contributed by atoms with van der Waals surface area (Å²) in [7, 11) is 1.60. The van der Waals surface area contributed by atoms with Crippen LogP contribution in [0.4, 0.5) is 0 Å². The number of aliphatic hydroxyl groups is 1. The summed E-state index contributed by atoms with van der Waals surface area (Å²) in [5, 5.41) is 20.0. The van der Waals surface area contributed by atoms with Crippen LogP contribution in [0.3, 0.4) is 0 Å². The van der Waals surface area contributed by atoms with Gasteiger partial charge in [0.05, 0.1) is 23.9 Å². The first-order valence-corrected chi connectivity index (χ1v) is 5.84. The third-order valence-corrected chi connectivity index (χ3v) is 4.16. The molecule has 4 heteroatoms. The summed E-state index contributed by atoms with van der Waals surface area (Å²) < 4.78 is 10.7. The summed E-state index contributed by atoms with van der Waals surface area (Å²) in [5.74, 6) is 0. The van der Waals surface area contributed by atoms with Gasteiger partial charge in [0.25, 0.3) is 0 Å². The van der Waals surface area contributed by atoms with Crippen LogP contribution in [0.2, 0.25) is 0 Å². The fraction of sp³-hybridized carbons (Fsp3) is 0.917. The van der Waals surface area contributed by atoms with Gasteiger partial charge in [-0.15, -0.1) is 0 Å². The number of nitrogens with zero attached hydrogens (tertiary/aromatic N) is 1. The van der Waals surface area contributed by atoms with Crippen molar-refractivity contribution in [3.8, 4) is 6.07 Å². The van der Waals surface area contributed by atoms with Gasteiger partial charge in [-0.1, -0.05) is 0 Å². The summed E-state index contributed by atoms with van der Waals surface area (Å²) >= 11 is 0. The maximum Gasteiger partial charge on any atom is 0.114 e. The van der Waals surface area contributed by atoms with Gasteiger partial charge in [0.2, 0.25) is 0 Å². The fourth-order valence-electron chi connectivity index (χ4n) is 3.04. The van der Waals surface area contributed by atoms with E-state index in [0.29, 0.717) is 19.4 Å². The summed E-state index contributed by atoms with van der Waals surface area (Å²) in [5.41, 5.74) is -1.77. The fourth-order valence-corrected chi connectivity index (χ4v) is 3.04. The lowest BCUT2D eigenvalue weighted by Crippen LogP contribution is -2.51. The SMILES string of the molecule is COCCC(C)(O)C1(C#N)CC2CCC1O2. The molecule has 2 aliphatic heterocycles. The van der Waals surface area contributed by atoms with Crippen LogP contribution in [-0.2, 0) is 9.47 Å². The van der Waals surface area contributed by atoms with Gasteiger partial charge in [0.1, 0.15) is 5.41 Å². The summed E-state index contributed by atoms with van der Waals surface area (Å²) in [6, 6.07) is 2.33. The largest absolute Gasteiger partial charge is 0.388 e. The summed E-state index contributed by atoms with van der Waals surface area (Å²) in [6.07, 6.45) is 3.11. The second-order valence-electron chi connectivity index (χ2n) is 5.13. The van der Waals surface area contributed by atoms with E-state index in [-0.39, 0.29) is 12.2 Å². The van der Waals surface area contributed by atoms with Gasteiger partial charge in [-0.25, -0.2) is 0 Å². The van der Waals surface area contributed by atoms with Crippen LogP contribution in [-0.4, -0.2) is 36.6 Å². The lowest BCUT2D eigenvalue weighted by atomic mass is 9.63. The Balaban J connectivity index is 2.19. The molecule has 0 amide bonds. The van der Waals surface area contributed by atoms with Crippen molar-refractivity contribution in [1.82, 2.24) is 0 Å². The van der Waals surface area contributed by atoms with Crippen LogP contribution in [0.25, 0.3) is 0 Å². The Bertz CT molecular complexity index is 310. The van der Waals surface area contributed by atoms with Gasteiger partial charge in [0, 0.05) is 20.1 Å². The van der Waals surface area contributed by atoms with Gasteiger partial charge in [-0.2, -0.15) is 5.26 Å². The molecule has 0 saturated carbocycles. The van der Waals surface area contributed by atoms with Crippen LogP contribution in [0.15, 0.2) is 0 Å². The van der Waals surface area contributed by atoms with Crippen molar-refractivity contribution in [3.05, 3.63) is 0 Å². The monoisotopic (exact) mass is 225 g/mol. The Hall–Kier alpha value is -0.630. The average molecular weight is 225 g/mol. The minimum absolute atomic E-state index is 0.102. The number of hydrogen-bond donors (Lipinski definition) is 1. The minimum atomic E-state index is -1.03. The Labute approximate surface area is 96.2 Å². The number of nitriles is 1. The van der Waals surface area contributed by atoms with Crippen molar-refractivity contribution in [3.63, 3.8) is 0 Å². The van der Waals surface area contributed by atoms with E-state index in [1.807, 2.05) is 0 Å². The average Bonchev–Trinajstić information content (AvgIpc) is 2.86. The Morgan fingerprint density at radius 2 is 2.38 bits per heavy atom. The lowest BCUT2D eigenvalue weighted by Gasteiger charge is -2.41. The number of fused-ring (bicyclic) bond motifs is 2. The molecule has 2 rings (SSSR count). The molecule has 4 atom stereocenters. The van der Waals surface area contributed by atoms with E-state index in [4.69, 9.17) is 9.47 Å². The quantitative estimate of drug-likeness (QED) is 0.781. The molecule has 2 saturated heterocycles. The molecule has 4 nitrogen and oxygen atoms in total. The van der Waals surface area contributed by atoms with Gasteiger partial charge in [-0.3, -0.25) is 0 Å². The normalized spacial score (nSPS) is 40.6. The van der Waals surface area contributed by atoms with Crippen molar-refractivity contribution in [2.45, 2.75) is 50.4 Å². The first-order valence-electron chi connectivity index (χ1n) is 5.84. The molecule has 1 N–H and O–H groups in total. The maximum absolute atomic E-state index is 10.5. The predicted molar refractivity (Wildman–Crippen MR) is 57.7 cm³/mol. The molecule has 0 aliphatic carbocycles. The molecule has 0 aromatic carbocycles. The third-order valence-electron chi connectivity index (χ3n) is 4.16. The molecular formula is C12H19NO3. The van der Waals surface area contributed by atoms with Crippen LogP contribution in [0, 0.1) is 16.7 Å². The van der Waals surface area contributed by atoms with Crippen molar-refractivity contribution in [2.75, 3.05) is 13.7 Å². The number of ether oxygens (including phenoxy) is 2. The molecule has 2 fully saturated rings. The van der Waals surface area contributed by atoms with Crippen LogP contribution >= 0.6 is 0 Å². The highest BCUT2D eigenvalue weighted by atomic mass is 16.5. The molecule has 0 aromatic heterocycles. The van der Waals surface area contributed by atoms with Gasteiger partial charge < -0.3 is 14.6 Å². The van der Waals surface area contributed by atoms with Crippen molar-refractivity contribution in [1.29, 1.82) is 5.26 Å². The lowest BCUT2D eigenvalue weighted by molar-refractivity contribution is -0.0864. The van der Waals surface area contributed by atoms with E-state index in [1.165, 1.54) is 0 Å². The van der Waals surface area contributed by atoms with Crippen molar-refractivity contribution in [2.24, 2.45) is 5.41 Å².